The van der Waals surface area contributed by atoms with E-state index in [9.17, 15) is 21.6 Å². The van der Waals surface area contributed by atoms with Crippen molar-refractivity contribution in [3.63, 3.8) is 0 Å². The molecular weight excluding hydrogens is 464 g/mol. The summed E-state index contributed by atoms with van der Waals surface area (Å²) in [4.78, 5) is 17.2. The number of amides is 1. The van der Waals surface area contributed by atoms with Crippen LogP contribution in [0.2, 0.25) is 0 Å². The second kappa shape index (κ2) is 9.70. The van der Waals surface area contributed by atoms with Gasteiger partial charge in [0.2, 0.25) is 15.9 Å². The molecule has 1 atom stereocenters. The van der Waals surface area contributed by atoms with E-state index in [0.29, 0.717) is 25.1 Å². The SMILES string of the molecule is N#Cc1ccc(S(=O)(=O)N2CCN(CC(=O)N(C3CCCC3)[C@H]3CCS(=O)(=O)C3)CC2)cc1. The number of sulfonamides is 1. The van der Waals surface area contributed by atoms with Crippen LogP contribution in [0.1, 0.15) is 37.7 Å². The molecule has 1 amide bonds. The average Bonchev–Trinajstić information content (AvgIpc) is 3.44. The van der Waals surface area contributed by atoms with Gasteiger partial charge in [0, 0.05) is 38.3 Å². The summed E-state index contributed by atoms with van der Waals surface area (Å²) in [6.07, 6.45) is 4.44. The highest BCUT2D eigenvalue weighted by atomic mass is 32.2. The molecule has 4 rings (SSSR count). The van der Waals surface area contributed by atoms with Crippen molar-refractivity contribution in [1.82, 2.24) is 14.1 Å². The number of hydrogen-bond donors (Lipinski definition) is 0. The van der Waals surface area contributed by atoms with Gasteiger partial charge in [0.1, 0.15) is 0 Å². The van der Waals surface area contributed by atoms with E-state index >= 15 is 0 Å². The minimum atomic E-state index is -3.66. The quantitative estimate of drug-likeness (QED) is 0.574. The number of carbonyl (C=O) groups excluding carboxylic acids is 1. The molecule has 1 aliphatic carbocycles. The maximum atomic E-state index is 13.3. The largest absolute Gasteiger partial charge is 0.335 e. The van der Waals surface area contributed by atoms with E-state index in [4.69, 9.17) is 5.26 Å². The van der Waals surface area contributed by atoms with Gasteiger partial charge < -0.3 is 4.90 Å². The van der Waals surface area contributed by atoms with Crippen molar-refractivity contribution in [2.75, 3.05) is 44.2 Å². The van der Waals surface area contributed by atoms with Gasteiger partial charge in [-0.05, 0) is 43.5 Å². The summed E-state index contributed by atoms with van der Waals surface area (Å²) in [6, 6.07) is 7.70. The summed E-state index contributed by atoms with van der Waals surface area (Å²) in [7, 11) is -6.75. The average molecular weight is 495 g/mol. The highest BCUT2D eigenvalue weighted by Gasteiger charge is 2.39. The number of nitriles is 1. The lowest BCUT2D eigenvalue weighted by Crippen LogP contribution is -2.54. The predicted octanol–water partition coefficient (Wildman–Crippen LogP) is 0.823. The van der Waals surface area contributed by atoms with Gasteiger partial charge in [0.05, 0.1) is 34.6 Å². The van der Waals surface area contributed by atoms with E-state index in [1.54, 1.807) is 0 Å². The number of sulfone groups is 1. The Kier molecular flexibility index (Phi) is 7.09. The molecule has 0 unspecified atom stereocenters. The van der Waals surface area contributed by atoms with Crippen molar-refractivity contribution in [3.8, 4) is 6.07 Å². The first-order valence-corrected chi connectivity index (χ1v) is 14.7. The van der Waals surface area contributed by atoms with Crippen molar-refractivity contribution >= 4 is 25.8 Å². The van der Waals surface area contributed by atoms with E-state index in [-0.39, 0.29) is 54.0 Å². The summed E-state index contributed by atoms with van der Waals surface area (Å²) in [5.41, 5.74) is 0.402. The molecule has 1 saturated carbocycles. The molecular formula is C22H30N4O5S2. The monoisotopic (exact) mass is 494 g/mol. The molecule has 2 saturated heterocycles. The van der Waals surface area contributed by atoms with Crippen LogP contribution in [0, 0.1) is 11.3 Å². The second-order valence-electron chi connectivity index (χ2n) is 9.11. The lowest BCUT2D eigenvalue weighted by molar-refractivity contribution is -0.137. The van der Waals surface area contributed by atoms with Gasteiger partial charge in [-0.1, -0.05) is 12.8 Å². The maximum absolute atomic E-state index is 13.3. The molecule has 2 aliphatic heterocycles. The second-order valence-corrected chi connectivity index (χ2v) is 13.3. The van der Waals surface area contributed by atoms with Gasteiger partial charge in [-0.2, -0.15) is 9.57 Å². The van der Waals surface area contributed by atoms with Crippen molar-refractivity contribution in [2.45, 2.75) is 49.1 Å². The van der Waals surface area contributed by atoms with Gasteiger partial charge >= 0.3 is 0 Å². The zero-order chi connectivity index (χ0) is 23.6. The number of carbonyl (C=O) groups is 1. The number of benzene rings is 1. The molecule has 3 fully saturated rings. The molecule has 1 aromatic rings. The maximum Gasteiger partial charge on any atom is 0.243 e. The van der Waals surface area contributed by atoms with Crippen LogP contribution in [0.15, 0.2) is 29.2 Å². The lowest BCUT2D eigenvalue weighted by atomic mass is 10.1. The van der Waals surface area contributed by atoms with Gasteiger partial charge in [0.25, 0.3) is 0 Å². The Hall–Kier alpha value is -2.00. The van der Waals surface area contributed by atoms with E-state index in [1.165, 1.54) is 28.6 Å². The summed E-state index contributed by atoms with van der Waals surface area (Å²) in [5.74, 6) is 0.138. The van der Waals surface area contributed by atoms with E-state index in [0.717, 1.165) is 25.7 Å². The molecule has 0 spiro atoms. The van der Waals surface area contributed by atoms with Crippen LogP contribution in [-0.4, -0.2) is 93.2 Å². The number of rotatable bonds is 6. The molecule has 0 aromatic heterocycles. The number of piperazine rings is 1. The van der Waals surface area contributed by atoms with Crippen LogP contribution in [0.3, 0.4) is 0 Å². The minimum absolute atomic E-state index is 0.0475. The Balaban J connectivity index is 1.38. The summed E-state index contributed by atoms with van der Waals surface area (Å²) < 4.78 is 51.3. The van der Waals surface area contributed by atoms with E-state index in [2.05, 4.69) is 0 Å². The van der Waals surface area contributed by atoms with Crippen LogP contribution < -0.4 is 0 Å². The normalized spacial score (nSPS) is 24.5. The molecule has 11 heteroatoms. The van der Waals surface area contributed by atoms with E-state index in [1.807, 2.05) is 15.9 Å². The first-order chi connectivity index (χ1) is 15.7. The fraction of sp³-hybridized carbons (Fsp3) is 0.636. The molecule has 1 aromatic carbocycles. The van der Waals surface area contributed by atoms with Gasteiger partial charge in [-0.15, -0.1) is 0 Å². The lowest BCUT2D eigenvalue weighted by Gasteiger charge is -2.38. The van der Waals surface area contributed by atoms with Gasteiger partial charge in [0.15, 0.2) is 9.84 Å². The third-order valence-corrected chi connectivity index (χ3v) is 10.6. The standard InChI is InChI=1S/C22H30N4O5S2/c23-15-18-5-7-21(8-6-18)33(30,31)25-12-10-24(11-13-25)16-22(27)26(19-3-1-2-4-19)20-9-14-32(28,29)17-20/h5-8,19-20H,1-4,9-14,16-17H2/t20-/m0/s1. The molecule has 180 valence electrons. The van der Waals surface area contributed by atoms with Gasteiger partial charge in [-0.3, -0.25) is 9.69 Å². The smallest absolute Gasteiger partial charge is 0.243 e. The van der Waals surface area contributed by atoms with Crippen LogP contribution in [0.5, 0.6) is 0 Å². The summed E-state index contributed by atoms with van der Waals surface area (Å²) in [5, 5.41) is 8.91. The molecule has 9 nitrogen and oxygen atoms in total. The molecule has 2 heterocycles. The number of hydrogen-bond acceptors (Lipinski definition) is 7. The predicted molar refractivity (Wildman–Crippen MR) is 123 cm³/mol. The summed E-state index contributed by atoms with van der Waals surface area (Å²) >= 11 is 0. The molecule has 0 bridgehead atoms. The Morgan fingerprint density at radius 1 is 1.03 bits per heavy atom. The Morgan fingerprint density at radius 2 is 1.67 bits per heavy atom. The third-order valence-electron chi connectivity index (χ3n) is 6.92. The topological polar surface area (TPSA) is 119 Å². The summed E-state index contributed by atoms with van der Waals surface area (Å²) in [6.45, 7) is 1.59. The molecule has 0 N–H and O–H groups in total. The van der Waals surface area contributed by atoms with Crippen molar-refractivity contribution in [2.24, 2.45) is 0 Å². The third kappa shape index (κ3) is 5.40. The van der Waals surface area contributed by atoms with Crippen LogP contribution in [-0.2, 0) is 24.7 Å². The Morgan fingerprint density at radius 3 is 2.21 bits per heavy atom. The van der Waals surface area contributed by atoms with Crippen molar-refractivity contribution < 1.29 is 21.6 Å². The van der Waals surface area contributed by atoms with E-state index < -0.39 is 19.9 Å². The first kappa shape index (κ1) is 24.1. The molecule has 3 aliphatic rings. The van der Waals surface area contributed by atoms with Gasteiger partial charge in [-0.25, -0.2) is 16.8 Å². The zero-order valence-corrected chi connectivity index (χ0v) is 20.2. The fourth-order valence-electron chi connectivity index (χ4n) is 5.13. The molecule has 33 heavy (non-hydrogen) atoms. The number of nitrogens with zero attached hydrogens (tertiary/aromatic N) is 4. The highest BCUT2D eigenvalue weighted by molar-refractivity contribution is 7.91. The van der Waals surface area contributed by atoms with Crippen molar-refractivity contribution in [3.05, 3.63) is 29.8 Å². The molecule has 0 radical (unpaired) electrons. The Labute approximate surface area is 195 Å². The zero-order valence-electron chi connectivity index (χ0n) is 18.6. The minimum Gasteiger partial charge on any atom is -0.335 e. The van der Waals surface area contributed by atoms with Crippen LogP contribution in [0.25, 0.3) is 0 Å². The Bertz CT molecular complexity index is 1110. The van der Waals surface area contributed by atoms with Crippen LogP contribution >= 0.6 is 0 Å². The fourth-order valence-corrected chi connectivity index (χ4v) is 8.27. The first-order valence-electron chi connectivity index (χ1n) is 11.4. The highest BCUT2D eigenvalue weighted by Crippen LogP contribution is 2.29. The van der Waals surface area contributed by atoms with Crippen LogP contribution in [0.4, 0.5) is 0 Å². The van der Waals surface area contributed by atoms with Crippen molar-refractivity contribution in [1.29, 1.82) is 5.26 Å².